The van der Waals surface area contributed by atoms with Gasteiger partial charge in [0.1, 0.15) is 0 Å². The molecule has 1 fully saturated rings. The molecule has 1 saturated heterocycles. The SMILES string of the molecule is Cc1c(C)n2c3c(=O)n(C)c(=O)n(C)c3nc2n1CCN1CC(C)OC(C)C1. The lowest BCUT2D eigenvalue weighted by molar-refractivity contribution is -0.0685. The highest BCUT2D eigenvalue weighted by Gasteiger charge is 2.24. The zero-order valence-electron chi connectivity index (χ0n) is 17.4. The molecule has 0 saturated carbocycles. The topological polar surface area (TPSA) is 78.7 Å². The number of ether oxygens (including phenoxy) is 1. The van der Waals surface area contributed by atoms with Crippen LogP contribution < -0.4 is 11.2 Å². The molecule has 9 heteroatoms. The van der Waals surface area contributed by atoms with Crippen molar-refractivity contribution in [3.8, 4) is 0 Å². The van der Waals surface area contributed by atoms with E-state index in [-0.39, 0.29) is 23.5 Å². The van der Waals surface area contributed by atoms with Gasteiger partial charge in [-0.1, -0.05) is 0 Å². The largest absolute Gasteiger partial charge is 0.373 e. The van der Waals surface area contributed by atoms with E-state index >= 15 is 0 Å². The summed E-state index contributed by atoms with van der Waals surface area (Å²) in [4.78, 5) is 32.2. The maximum atomic E-state index is 12.8. The van der Waals surface area contributed by atoms with Gasteiger partial charge in [0.15, 0.2) is 11.2 Å². The Bertz CT molecular complexity index is 1170. The highest BCUT2D eigenvalue weighted by Crippen LogP contribution is 2.21. The van der Waals surface area contributed by atoms with Crippen LogP contribution in [0, 0.1) is 13.8 Å². The van der Waals surface area contributed by atoms with E-state index in [1.165, 1.54) is 11.6 Å². The van der Waals surface area contributed by atoms with Gasteiger partial charge in [0.2, 0.25) is 5.78 Å². The number of hydrogen-bond donors (Lipinski definition) is 0. The molecule has 3 aromatic heterocycles. The van der Waals surface area contributed by atoms with E-state index in [1.54, 1.807) is 7.05 Å². The third-order valence-electron chi connectivity index (χ3n) is 5.88. The first-order chi connectivity index (χ1) is 13.2. The van der Waals surface area contributed by atoms with Gasteiger partial charge in [-0.3, -0.25) is 23.2 Å². The fourth-order valence-electron chi connectivity index (χ4n) is 4.37. The van der Waals surface area contributed by atoms with Gasteiger partial charge >= 0.3 is 5.69 Å². The first-order valence-corrected chi connectivity index (χ1v) is 9.72. The van der Waals surface area contributed by atoms with Gasteiger partial charge in [0.05, 0.1) is 12.2 Å². The van der Waals surface area contributed by atoms with Gasteiger partial charge in [-0.25, -0.2) is 4.79 Å². The smallest absolute Gasteiger partial charge is 0.332 e. The Hall–Kier alpha value is -2.39. The Morgan fingerprint density at radius 1 is 1.00 bits per heavy atom. The van der Waals surface area contributed by atoms with E-state index < -0.39 is 0 Å². The predicted octanol–water partition coefficient (Wildman–Crippen LogP) is 0.412. The number of aromatic nitrogens is 5. The molecule has 0 aromatic carbocycles. The summed E-state index contributed by atoms with van der Waals surface area (Å²) in [6.07, 6.45) is 0.450. The van der Waals surface area contributed by atoms with Crippen molar-refractivity contribution in [2.24, 2.45) is 14.1 Å². The molecule has 0 spiro atoms. The third-order valence-corrected chi connectivity index (χ3v) is 5.88. The van der Waals surface area contributed by atoms with Crippen LogP contribution in [-0.4, -0.2) is 59.8 Å². The van der Waals surface area contributed by atoms with Gasteiger partial charge in [-0.05, 0) is 27.7 Å². The van der Waals surface area contributed by atoms with Crippen LogP contribution >= 0.6 is 0 Å². The highest BCUT2D eigenvalue weighted by atomic mass is 16.5. The average molecular weight is 388 g/mol. The summed E-state index contributed by atoms with van der Waals surface area (Å²) in [5.41, 5.74) is 2.24. The van der Waals surface area contributed by atoms with Crippen molar-refractivity contribution in [2.45, 2.75) is 46.4 Å². The van der Waals surface area contributed by atoms with E-state index in [1.807, 2.05) is 18.2 Å². The summed E-state index contributed by atoms with van der Waals surface area (Å²) in [5, 5.41) is 0. The number of fused-ring (bicyclic) bond motifs is 3. The minimum Gasteiger partial charge on any atom is -0.373 e. The van der Waals surface area contributed by atoms with Crippen LogP contribution in [0.4, 0.5) is 0 Å². The van der Waals surface area contributed by atoms with E-state index in [2.05, 4.69) is 28.3 Å². The van der Waals surface area contributed by atoms with Crippen LogP contribution in [0.25, 0.3) is 16.9 Å². The first-order valence-electron chi connectivity index (χ1n) is 9.72. The van der Waals surface area contributed by atoms with Crippen LogP contribution in [0.2, 0.25) is 0 Å². The number of morpholine rings is 1. The standard InChI is InChI=1S/C19H28N6O3/c1-11-9-23(10-12(2)28-11)7-8-24-13(3)14(4)25-15-16(20-18(24)25)21(5)19(27)22(6)17(15)26/h11-12H,7-10H2,1-6H3. The summed E-state index contributed by atoms with van der Waals surface area (Å²) < 4.78 is 12.4. The number of rotatable bonds is 3. The molecule has 28 heavy (non-hydrogen) atoms. The molecule has 0 radical (unpaired) electrons. The lowest BCUT2D eigenvalue weighted by Crippen LogP contribution is -2.46. The molecular formula is C19H28N6O3. The van der Waals surface area contributed by atoms with E-state index in [0.717, 1.165) is 42.1 Å². The molecule has 4 rings (SSSR count). The Labute approximate surface area is 162 Å². The maximum Gasteiger partial charge on any atom is 0.332 e. The second kappa shape index (κ2) is 6.59. The van der Waals surface area contributed by atoms with Crippen molar-refractivity contribution < 1.29 is 4.74 Å². The molecular weight excluding hydrogens is 360 g/mol. The molecule has 1 aliphatic rings. The maximum absolute atomic E-state index is 12.8. The van der Waals surface area contributed by atoms with E-state index in [0.29, 0.717) is 16.9 Å². The van der Waals surface area contributed by atoms with Crippen LogP contribution in [0.1, 0.15) is 25.2 Å². The lowest BCUT2D eigenvalue weighted by atomic mass is 10.2. The Morgan fingerprint density at radius 3 is 2.29 bits per heavy atom. The molecule has 0 bridgehead atoms. The molecule has 0 aliphatic carbocycles. The van der Waals surface area contributed by atoms with Gasteiger partial charge < -0.3 is 9.30 Å². The van der Waals surface area contributed by atoms with Crippen LogP contribution in [0.3, 0.4) is 0 Å². The Morgan fingerprint density at radius 2 is 1.64 bits per heavy atom. The van der Waals surface area contributed by atoms with Crippen molar-refractivity contribution in [3.63, 3.8) is 0 Å². The van der Waals surface area contributed by atoms with Crippen LogP contribution in [0.5, 0.6) is 0 Å². The van der Waals surface area contributed by atoms with Crippen LogP contribution in [0.15, 0.2) is 9.59 Å². The second-order valence-electron chi connectivity index (χ2n) is 7.96. The highest BCUT2D eigenvalue weighted by molar-refractivity contribution is 5.76. The van der Waals surface area contributed by atoms with E-state index in [9.17, 15) is 9.59 Å². The van der Waals surface area contributed by atoms with Crippen LogP contribution in [-0.2, 0) is 25.4 Å². The molecule has 4 heterocycles. The third kappa shape index (κ3) is 2.72. The number of hydrogen-bond acceptors (Lipinski definition) is 5. The minimum absolute atomic E-state index is 0.225. The van der Waals surface area contributed by atoms with Gasteiger partial charge in [0, 0.05) is 51.7 Å². The summed E-state index contributed by atoms with van der Waals surface area (Å²) in [5.74, 6) is 0.706. The number of aryl methyl sites for hydroxylation is 2. The van der Waals surface area contributed by atoms with Crippen molar-refractivity contribution in [1.29, 1.82) is 0 Å². The molecule has 0 N–H and O–H groups in total. The molecule has 2 atom stereocenters. The molecule has 2 unspecified atom stereocenters. The monoisotopic (exact) mass is 388 g/mol. The van der Waals surface area contributed by atoms with Crippen molar-refractivity contribution in [3.05, 3.63) is 32.2 Å². The predicted molar refractivity (Wildman–Crippen MR) is 107 cm³/mol. The van der Waals surface area contributed by atoms with Gasteiger partial charge in [-0.15, -0.1) is 0 Å². The Balaban J connectivity index is 1.81. The van der Waals surface area contributed by atoms with Crippen molar-refractivity contribution in [2.75, 3.05) is 19.6 Å². The summed E-state index contributed by atoms with van der Waals surface area (Å²) in [7, 11) is 3.16. The molecule has 0 amide bonds. The molecule has 9 nitrogen and oxygen atoms in total. The number of nitrogens with zero attached hydrogens (tertiary/aromatic N) is 6. The lowest BCUT2D eigenvalue weighted by Gasteiger charge is -2.35. The Kier molecular flexibility index (Phi) is 4.46. The molecule has 3 aromatic rings. The fraction of sp³-hybridized carbons (Fsp3) is 0.632. The zero-order chi connectivity index (χ0) is 20.3. The van der Waals surface area contributed by atoms with Crippen molar-refractivity contribution in [1.82, 2.24) is 28.0 Å². The minimum atomic E-state index is -0.365. The first kappa shape index (κ1) is 18.9. The number of imidazole rings is 2. The summed E-state index contributed by atoms with van der Waals surface area (Å²) >= 11 is 0. The van der Waals surface area contributed by atoms with E-state index in [4.69, 9.17) is 4.74 Å². The average Bonchev–Trinajstić information content (AvgIpc) is 3.13. The summed E-state index contributed by atoms with van der Waals surface area (Å²) in [6.45, 7) is 11.7. The van der Waals surface area contributed by atoms with Gasteiger partial charge in [0.25, 0.3) is 5.56 Å². The molecule has 152 valence electrons. The zero-order valence-corrected chi connectivity index (χ0v) is 17.4. The summed E-state index contributed by atoms with van der Waals surface area (Å²) in [6, 6.07) is 0. The van der Waals surface area contributed by atoms with Gasteiger partial charge in [-0.2, -0.15) is 4.98 Å². The van der Waals surface area contributed by atoms with Crippen molar-refractivity contribution >= 4 is 16.9 Å². The quantitative estimate of drug-likeness (QED) is 0.650. The molecule has 1 aliphatic heterocycles. The fourth-order valence-corrected chi connectivity index (χ4v) is 4.37. The second-order valence-corrected chi connectivity index (χ2v) is 7.96. The normalized spacial score (nSPS) is 21.2.